The van der Waals surface area contributed by atoms with Crippen LogP contribution in [0.3, 0.4) is 0 Å². The SMILES string of the molecule is C[C@H](Sc1n[nH]c(-c2cccs2)n1)C(=O)NCc1ccco1. The molecule has 2 N–H and O–H groups in total. The molecule has 0 bridgehead atoms. The van der Waals surface area contributed by atoms with Gasteiger partial charge in [-0.15, -0.1) is 16.4 Å². The van der Waals surface area contributed by atoms with E-state index < -0.39 is 0 Å². The molecule has 0 spiro atoms. The van der Waals surface area contributed by atoms with Gasteiger partial charge in [0.05, 0.1) is 22.9 Å². The number of carbonyl (C=O) groups is 1. The molecular formula is C14H14N4O2S2. The van der Waals surface area contributed by atoms with E-state index in [2.05, 4.69) is 20.5 Å². The second kappa shape index (κ2) is 6.80. The Morgan fingerprint density at radius 3 is 3.14 bits per heavy atom. The van der Waals surface area contributed by atoms with Crippen molar-refractivity contribution in [3.05, 3.63) is 41.7 Å². The van der Waals surface area contributed by atoms with Crippen molar-refractivity contribution in [1.29, 1.82) is 0 Å². The van der Waals surface area contributed by atoms with E-state index in [4.69, 9.17) is 4.42 Å². The maximum absolute atomic E-state index is 12.0. The summed E-state index contributed by atoms with van der Waals surface area (Å²) in [5.41, 5.74) is 0. The zero-order valence-corrected chi connectivity index (χ0v) is 13.4. The number of aromatic amines is 1. The zero-order valence-electron chi connectivity index (χ0n) is 11.8. The van der Waals surface area contributed by atoms with Crippen LogP contribution in [-0.4, -0.2) is 26.3 Å². The van der Waals surface area contributed by atoms with E-state index in [1.54, 1.807) is 23.7 Å². The molecule has 3 aromatic heterocycles. The highest BCUT2D eigenvalue weighted by Crippen LogP contribution is 2.25. The van der Waals surface area contributed by atoms with Crippen LogP contribution in [0, 0.1) is 0 Å². The Balaban J connectivity index is 1.54. The molecule has 3 heterocycles. The number of amides is 1. The van der Waals surface area contributed by atoms with Gasteiger partial charge in [-0.25, -0.2) is 4.98 Å². The molecule has 3 rings (SSSR count). The Labute approximate surface area is 135 Å². The summed E-state index contributed by atoms with van der Waals surface area (Å²) >= 11 is 2.90. The summed E-state index contributed by atoms with van der Waals surface area (Å²) in [7, 11) is 0. The number of hydrogen-bond acceptors (Lipinski definition) is 6. The maximum Gasteiger partial charge on any atom is 0.233 e. The van der Waals surface area contributed by atoms with E-state index >= 15 is 0 Å². The predicted octanol–water partition coefficient (Wildman–Crippen LogP) is 2.92. The second-order valence-corrected chi connectivity index (χ2v) is 6.76. The van der Waals surface area contributed by atoms with E-state index in [0.29, 0.717) is 11.7 Å². The molecule has 8 heteroatoms. The average molecular weight is 334 g/mol. The van der Waals surface area contributed by atoms with E-state index in [-0.39, 0.29) is 11.2 Å². The van der Waals surface area contributed by atoms with E-state index in [9.17, 15) is 4.79 Å². The second-order valence-electron chi connectivity index (χ2n) is 4.50. The molecule has 0 aliphatic heterocycles. The number of H-pyrrole nitrogens is 1. The smallest absolute Gasteiger partial charge is 0.233 e. The quantitative estimate of drug-likeness (QED) is 0.677. The molecule has 0 saturated heterocycles. The van der Waals surface area contributed by atoms with Crippen LogP contribution < -0.4 is 5.32 Å². The minimum Gasteiger partial charge on any atom is -0.467 e. The van der Waals surface area contributed by atoms with E-state index in [1.807, 2.05) is 30.5 Å². The van der Waals surface area contributed by atoms with Crippen LogP contribution in [0.25, 0.3) is 10.7 Å². The van der Waals surface area contributed by atoms with Gasteiger partial charge in [-0.05, 0) is 30.5 Å². The third kappa shape index (κ3) is 3.58. The zero-order chi connectivity index (χ0) is 15.4. The van der Waals surface area contributed by atoms with Crippen molar-refractivity contribution in [2.24, 2.45) is 0 Å². The molecule has 0 radical (unpaired) electrons. The average Bonchev–Trinajstić information content (AvgIpc) is 3.25. The summed E-state index contributed by atoms with van der Waals surface area (Å²) in [6.07, 6.45) is 1.58. The summed E-state index contributed by atoms with van der Waals surface area (Å²) in [6, 6.07) is 7.54. The highest BCUT2D eigenvalue weighted by Gasteiger charge is 2.17. The van der Waals surface area contributed by atoms with Crippen molar-refractivity contribution in [1.82, 2.24) is 20.5 Å². The topological polar surface area (TPSA) is 83.8 Å². The van der Waals surface area contributed by atoms with Gasteiger partial charge in [0.1, 0.15) is 5.76 Å². The normalized spacial score (nSPS) is 12.2. The molecule has 1 atom stereocenters. The first kappa shape index (κ1) is 14.9. The number of thiophene rings is 1. The number of nitrogens with one attached hydrogen (secondary N) is 2. The third-order valence-electron chi connectivity index (χ3n) is 2.89. The lowest BCUT2D eigenvalue weighted by atomic mass is 10.4. The fraction of sp³-hybridized carbons (Fsp3) is 0.214. The van der Waals surface area contributed by atoms with Crippen LogP contribution in [0.1, 0.15) is 12.7 Å². The number of nitrogens with zero attached hydrogens (tertiary/aromatic N) is 2. The summed E-state index contributed by atoms with van der Waals surface area (Å²) in [4.78, 5) is 17.5. The molecule has 0 saturated carbocycles. The summed E-state index contributed by atoms with van der Waals surface area (Å²) < 4.78 is 5.18. The lowest BCUT2D eigenvalue weighted by molar-refractivity contribution is -0.120. The van der Waals surface area contributed by atoms with Crippen molar-refractivity contribution >= 4 is 29.0 Å². The molecule has 22 heavy (non-hydrogen) atoms. The first-order valence-corrected chi connectivity index (χ1v) is 8.41. The molecule has 0 aliphatic carbocycles. The minimum atomic E-state index is -0.290. The highest BCUT2D eigenvalue weighted by atomic mass is 32.2. The van der Waals surface area contributed by atoms with E-state index in [0.717, 1.165) is 16.5 Å². The molecule has 6 nitrogen and oxygen atoms in total. The molecule has 0 fully saturated rings. The maximum atomic E-state index is 12.0. The number of aromatic nitrogens is 3. The summed E-state index contributed by atoms with van der Waals surface area (Å²) in [6.45, 7) is 2.20. The van der Waals surface area contributed by atoms with Crippen molar-refractivity contribution in [3.8, 4) is 10.7 Å². The number of rotatable bonds is 6. The Hall–Kier alpha value is -2.06. The first-order valence-electron chi connectivity index (χ1n) is 6.65. The Morgan fingerprint density at radius 2 is 2.41 bits per heavy atom. The standard InChI is InChI=1S/C14H14N4O2S2/c1-9(13(19)15-8-10-4-2-6-20-10)22-14-16-12(17-18-14)11-5-3-7-21-11/h2-7,9H,8H2,1H3,(H,15,19)(H,16,17,18)/t9-/m0/s1. The summed E-state index contributed by atoms with van der Waals surface area (Å²) in [5, 5.41) is 12.1. The monoisotopic (exact) mass is 334 g/mol. The van der Waals surface area contributed by atoms with Gasteiger partial charge in [0, 0.05) is 0 Å². The van der Waals surface area contributed by atoms with Crippen LogP contribution in [0.5, 0.6) is 0 Å². The Morgan fingerprint density at radius 1 is 1.50 bits per heavy atom. The Kier molecular flexibility index (Phi) is 4.59. The van der Waals surface area contributed by atoms with Crippen molar-refractivity contribution in [2.75, 3.05) is 0 Å². The molecule has 114 valence electrons. The van der Waals surface area contributed by atoms with Gasteiger partial charge in [-0.1, -0.05) is 17.8 Å². The van der Waals surface area contributed by atoms with Gasteiger partial charge in [0.2, 0.25) is 11.1 Å². The van der Waals surface area contributed by atoms with Crippen LogP contribution in [0.2, 0.25) is 0 Å². The third-order valence-corrected chi connectivity index (χ3v) is 4.73. The number of carbonyl (C=O) groups excluding carboxylic acids is 1. The lowest BCUT2D eigenvalue weighted by Crippen LogP contribution is -2.30. The minimum absolute atomic E-state index is 0.0797. The van der Waals surface area contributed by atoms with E-state index in [1.165, 1.54) is 11.8 Å². The number of thioether (sulfide) groups is 1. The molecule has 3 aromatic rings. The predicted molar refractivity (Wildman–Crippen MR) is 85.6 cm³/mol. The van der Waals surface area contributed by atoms with Crippen molar-refractivity contribution in [2.45, 2.75) is 23.9 Å². The van der Waals surface area contributed by atoms with Crippen molar-refractivity contribution < 1.29 is 9.21 Å². The number of hydrogen-bond donors (Lipinski definition) is 2. The number of furan rings is 1. The van der Waals surface area contributed by atoms with Crippen LogP contribution in [0.4, 0.5) is 0 Å². The van der Waals surface area contributed by atoms with Gasteiger partial charge >= 0.3 is 0 Å². The van der Waals surface area contributed by atoms with Gasteiger partial charge in [0.25, 0.3) is 0 Å². The van der Waals surface area contributed by atoms with Gasteiger partial charge in [-0.3, -0.25) is 9.89 Å². The lowest BCUT2D eigenvalue weighted by Gasteiger charge is -2.08. The molecule has 0 aromatic carbocycles. The first-order chi connectivity index (χ1) is 10.7. The van der Waals surface area contributed by atoms with Gasteiger partial charge < -0.3 is 9.73 Å². The molecular weight excluding hydrogens is 320 g/mol. The Bertz CT molecular complexity index is 722. The molecule has 0 aliphatic rings. The molecule has 1 amide bonds. The fourth-order valence-electron chi connectivity index (χ4n) is 1.77. The van der Waals surface area contributed by atoms with Crippen LogP contribution >= 0.6 is 23.1 Å². The van der Waals surface area contributed by atoms with Crippen LogP contribution in [0.15, 0.2) is 45.5 Å². The fourth-order valence-corrected chi connectivity index (χ4v) is 3.18. The van der Waals surface area contributed by atoms with Gasteiger partial charge in [0.15, 0.2) is 5.82 Å². The molecule has 0 unspecified atom stereocenters. The largest absolute Gasteiger partial charge is 0.467 e. The van der Waals surface area contributed by atoms with Gasteiger partial charge in [-0.2, -0.15) is 0 Å². The van der Waals surface area contributed by atoms with Crippen LogP contribution in [-0.2, 0) is 11.3 Å². The van der Waals surface area contributed by atoms with Crippen molar-refractivity contribution in [3.63, 3.8) is 0 Å². The summed E-state index contributed by atoms with van der Waals surface area (Å²) in [5.74, 6) is 1.37. The highest BCUT2D eigenvalue weighted by molar-refractivity contribution is 8.00.